The van der Waals surface area contributed by atoms with E-state index in [1.165, 1.54) is 29.5 Å². The van der Waals surface area contributed by atoms with E-state index in [9.17, 15) is 0 Å². The van der Waals surface area contributed by atoms with E-state index < -0.39 is 0 Å². The summed E-state index contributed by atoms with van der Waals surface area (Å²) >= 11 is 0. The molecule has 1 aliphatic rings. The van der Waals surface area contributed by atoms with Crippen molar-refractivity contribution in [1.82, 2.24) is 14.5 Å². The van der Waals surface area contributed by atoms with Crippen LogP contribution in [0.1, 0.15) is 48.8 Å². The lowest BCUT2D eigenvalue weighted by Crippen LogP contribution is -2.35. The first-order valence-electron chi connectivity index (χ1n) is 12.2. The van der Waals surface area contributed by atoms with Gasteiger partial charge in [0.15, 0.2) is 0 Å². The van der Waals surface area contributed by atoms with E-state index in [1.54, 1.807) is 7.11 Å². The number of aromatic nitrogens is 2. The van der Waals surface area contributed by atoms with Crippen molar-refractivity contribution in [2.75, 3.05) is 26.7 Å². The molecule has 1 fully saturated rings. The van der Waals surface area contributed by atoms with Crippen LogP contribution in [-0.4, -0.2) is 41.2 Å². The maximum Gasteiger partial charge on any atom is 0.297 e. The minimum Gasteiger partial charge on any atom is -0.468 e. The Kier molecular flexibility index (Phi) is 6.73. The first-order chi connectivity index (χ1) is 16.3. The molecule has 170 valence electrons. The highest BCUT2D eigenvalue weighted by Crippen LogP contribution is 2.33. The van der Waals surface area contributed by atoms with Gasteiger partial charge in [-0.3, -0.25) is 4.57 Å². The minimum absolute atomic E-state index is 0.449. The SMILES string of the molecule is COc1nc2ccccc2n1C1CCN(CCCC(c2ccccc2)c2ccccc2)CC1. The van der Waals surface area contributed by atoms with Gasteiger partial charge >= 0.3 is 0 Å². The largest absolute Gasteiger partial charge is 0.468 e. The fraction of sp³-hybridized carbons (Fsp3) is 0.345. The summed E-state index contributed by atoms with van der Waals surface area (Å²) in [6.45, 7) is 3.41. The van der Waals surface area contributed by atoms with Gasteiger partial charge in [-0.25, -0.2) is 0 Å². The summed E-state index contributed by atoms with van der Waals surface area (Å²) in [5.41, 5.74) is 5.04. The number of methoxy groups -OCH3 is 1. The number of rotatable bonds is 8. The van der Waals surface area contributed by atoms with E-state index >= 15 is 0 Å². The molecule has 4 heteroatoms. The van der Waals surface area contributed by atoms with Crippen LogP contribution in [0.25, 0.3) is 11.0 Å². The summed E-state index contributed by atoms with van der Waals surface area (Å²) in [6, 6.07) is 31.5. The van der Waals surface area contributed by atoms with Crippen LogP contribution in [0.5, 0.6) is 6.01 Å². The molecule has 0 radical (unpaired) electrons. The van der Waals surface area contributed by atoms with Gasteiger partial charge in [0.05, 0.1) is 18.1 Å². The molecule has 2 heterocycles. The molecule has 4 nitrogen and oxygen atoms in total. The first kappa shape index (κ1) is 21.7. The minimum atomic E-state index is 0.449. The summed E-state index contributed by atoms with van der Waals surface area (Å²) in [4.78, 5) is 7.31. The number of hydrogen-bond acceptors (Lipinski definition) is 3. The van der Waals surface area contributed by atoms with Crippen molar-refractivity contribution >= 4 is 11.0 Å². The zero-order chi connectivity index (χ0) is 22.5. The molecule has 1 aliphatic heterocycles. The second-order valence-corrected chi connectivity index (χ2v) is 9.05. The lowest BCUT2D eigenvalue weighted by molar-refractivity contribution is 0.178. The van der Waals surface area contributed by atoms with Gasteiger partial charge in [-0.15, -0.1) is 0 Å². The lowest BCUT2D eigenvalue weighted by atomic mass is 9.87. The Labute approximate surface area is 196 Å². The van der Waals surface area contributed by atoms with Gasteiger partial charge in [-0.2, -0.15) is 4.98 Å². The van der Waals surface area contributed by atoms with Crippen LogP contribution in [-0.2, 0) is 0 Å². The number of likely N-dealkylation sites (tertiary alicyclic amines) is 1. The predicted octanol–water partition coefficient (Wildman–Crippen LogP) is 6.29. The molecule has 1 saturated heterocycles. The van der Waals surface area contributed by atoms with Crippen molar-refractivity contribution in [3.63, 3.8) is 0 Å². The predicted molar refractivity (Wildman–Crippen MR) is 135 cm³/mol. The number of fused-ring (bicyclic) bond motifs is 1. The third kappa shape index (κ3) is 4.81. The average Bonchev–Trinajstić information content (AvgIpc) is 3.27. The molecule has 1 aromatic heterocycles. The number of benzene rings is 3. The number of ether oxygens (including phenoxy) is 1. The van der Waals surface area contributed by atoms with Gasteiger partial charge in [0.25, 0.3) is 6.01 Å². The first-order valence-corrected chi connectivity index (χ1v) is 12.2. The summed E-state index contributed by atoms with van der Waals surface area (Å²) in [5, 5.41) is 0. The molecule has 5 rings (SSSR count). The van der Waals surface area contributed by atoms with E-state index in [0.717, 1.165) is 44.0 Å². The van der Waals surface area contributed by atoms with Gasteiger partial charge in [0, 0.05) is 25.0 Å². The summed E-state index contributed by atoms with van der Waals surface area (Å²) < 4.78 is 7.94. The van der Waals surface area contributed by atoms with Crippen LogP contribution in [0.15, 0.2) is 84.9 Å². The van der Waals surface area contributed by atoms with Gasteiger partial charge in [0.2, 0.25) is 0 Å². The Balaban J connectivity index is 1.20. The number of hydrogen-bond donors (Lipinski definition) is 0. The van der Waals surface area contributed by atoms with Gasteiger partial charge in [-0.1, -0.05) is 72.8 Å². The molecule has 0 bridgehead atoms. The molecule has 0 aliphatic carbocycles. The van der Waals surface area contributed by atoms with Gasteiger partial charge in [-0.05, 0) is 55.5 Å². The molecule has 0 saturated carbocycles. The van der Waals surface area contributed by atoms with E-state index in [2.05, 4.69) is 93.3 Å². The Bertz CT molecular complexity index is 1110. The summed E-state index contributed by atoms with van der Waals surface area (Å²) in [5.74, 6) is 0.464. The number of piperidine rings is 1. The average molecular weight is 440 g/mol. The monoisotopic (exact) mass is 439 g/mol. The summed E-state index contributed by atoms with van der Waals surface area (Å²) in [7, 11) is 1.72. The third-order valence-corrected chi connectivity index (χ3v) is 7.04. The van der Waals surface area contributed by atoms with E-state index in [0.29, 0.717) is 12.0 Å². The Morgan fingerprint density at radius 3 is 2.09 bits per heavy atom. The summed E-state index contributed by atoms with van der Waals surface area (Å²) in [6.07, 6.45) is 4.65. The van der Waals surface area contributed by atoms with E-state index in [4.69, 9.17) is 4.74 Å². The van der Waals surface area contributed by atoms with Gasteiger partial charge < -0.3 is 9.64 Å². The molecule has 33 heavy (non-hydrogen) atoms. The Hall–Kier alpha value is -3.11. The smallest absolute Gasteiger partial charge is 0.297 e. The van der Waals surface area contributed by atoms with Crippen LogP contribution >= 0.6 is 0 Å². The molecule has 0 N–H and O–H groups in total. The lowest BCUT2D eigenvalue weighted by Gasteiger charge is -2.33. The standard InChI is InChI=1S/C29H33N3O/c1-33-29-30-27-16-8-9-17-28(27)32(29)25-18-21-31(22-19-25)20-10-15-26(23-11-4-2-5-12-23)24-13-6-3-7-14-24/h2-9,11-14,16-17,25-26H,10,15,18-22H2,1H3. The van der Waals surface area contributed by atoms with E-state index in [-0.39, 0.29) is 0 Å². The van der Waals surface area contributed by atoms with Crippen LogP contribution in [0.3, 0.4) is 0 Å². The molecule has 0 unspecified atom stereocenters. The zero-order valence-electron chi connectivity index (χ0n) is 19.4. The van der Waals surface area contributed by atoms with Gasteiger partial charge in [0.1, 0.15) is 0 Å². The van der Waals surface area contributed by atoms with Crippen LogP contribution in [0.4, 0.5) is 0 Å². The second-order valence-electron chi connectivity index (χ2n) is 9.05. The normalized spacial score (nSPS) is 15.3. The number of imidazole rings is 1. The maximum atomic E-state index is 5.62. The van der Waals surface area contributed by atoms with Crippen LogP contribution in [0, 0.1) is 0 Å². The van der Waals surface area contributed by atoms with E-state index in [1.807, 2.05) is 6.07 Å². The quantitative estimate of drug-likeness (QED) is 0.323. The molecule has 0 spiro atoms. The van der Waals surface area contributed by atoms with Crippen molar-refractivity contribution in [2.24, 2.45) is 0 Å². The molecule has 0 atom stereocenters. The fourth-order valence-electron chi connectivity index (χ4n) is 5.34. The highest BCUT2D eigenvalue weighted by atomic mass is 16.5. The Morgan fingerprint density at radius 1 is 0.848 bits per heavy atom. The highest BCUT2D eigenvalue weighted by Gasteiger charge is 2.25. The van der Waals surface area contributed by atoms with Crippen molar-refractivity contribution < 1.29 is 4.74 Å². The van der Waals surface area contributed by atoms with Crippen molar-refractivity contribution in [3.8, 4) is 6.01 Å². The number of nitrogens with zero attached hydrogens (tertiary/aromatic N) is 3. The third-order valence-electron chi connectivity index (χ3n) is 7.04. The highest BCUT2D eigenvalue weighted by molar-refractivity contribution is 5.76. The van der Waals surface area contributed by atoms with Crippen molar-refractivity contribution in [3.05, 3.63) is 96.1 Å². The van der Waals surface area contributed by atoms with Crippen LogP contribution < -0.4 is 4.74 Å². The molecular weight excluding hydrogens is 406 g/mol. The maximum absolute atomic E-state index is 5.62. The Morgan fingerprint density at radius 2 is 1.45 bits per heavy atom. The topological polar surface area (TPSA) is 30.3 Å². The molecular formula is C29H33N3O. The van der Waals surface area contributed by atoms with Crippen molar-refractivity contribution in [1.29, 1.82) is 0 Å². The van der Waals surface area contributed by atoms with Crippen molar-refractivity contribution in [2.45, 2.75) is 37.6 Å². The zero-order valence-corrected chi connectivity index (χ0v) is 19.4. The second kappa shape index (κ2) is 10.2. The number of para-hydroxylation sites is 2. The molecule has 3 aromatic carbocycles. The molecule has 4 aromatic rings. The molecule has 0 amide bonds. The van der Waals surface area contributed by atoms with Crippen LogP contribution in [0.2, 0.25) is 0 Å². The fourth-order valence-corrected chi connectivity index (χ4v) is 5.34.